The first-order valence-electron chi connectivity index (χ1n) is 19.1. The van der Waals surface area contributed by atoms with Gasteiger partial charge in [-0.25, -0.2) is 0 Å². The number of nitrogens with one attached hydrogen (secondary N) is 2. The number of amides is 2. The number of fused-ring (bicyclic) bond motifs is 3. The maximum absolute atomic E-state index is 15.3. The van der Waals surface area contributed by atoms with Crippen LogP contribution in [0.15, 0.2) is 133 Å². The number of cyclic esters (lactones) is 1. The lowest BCUT2D eigenvalue weighted by molar-refractivity contribution is -0.177. The van der Waals surface area contributed by atoms with E-state index in [0.717, 1.165) is 29.9 Å². The number of benzene rings is 5. The van der Waals surface area contributed by atoms with Gasteiger partial charge < -0.3 is 34.9 Å². The first-order chi connectivity index (χ1) is 27.5. The van der Waals surface area contributed by atoms with Crippen molar-refractivity contribution in [2.45, 2.75) is 29.6 Å². The molecule has 4 heterocycles. The molecule has 11 nitrogen and oxygen atoms in total. The molecule has 284 valence electrons. The summed E-state index contributed by atoms with van der Waals surface area (Å²) < 4.78 is 18.2. The maximum atomic E-state index is 15.3. The molecule has 5 aromatic carbocycles. The van der Waals surface area contributed by atoms with E-state index < -0.39 is 53.3 Å². The summed E-state index contributed by atoms with van der Waals surface area (Å²) in [7, 11) is 0. The van der Waals surface area contributed by atoms with Gasteiger partial charge in [0.05, 0.1) is 37.8 Å². The van der Waals surface area contributed by atoms with Gasteiger partial charge in [-0.2, -0.15) is 0 Å². The van der Waals surface area contributed by atoms with Gasteiger partial charge in [0.15, 0.2) is 0 Å². The molecule has 4 aliphatic rings. The number of carbonyl (C=O) groups is 3. The van der Waals surface area contributed by atoms with Crippen LogP contribution in [0.2, 0.25) is 0 Å². The van der Waals surface area contributed by atoms with Crippen molar-refractivity contribution in [3.63, 3.8) is 0 Å². The van der Waals surface area contributed by atoms with Crippen LogP contribution in [0.3, 0.4) is 0 Å². The van der Waals surface area contributed by atoms with Crippen molar-refractivity contribution in [3.8, 4) is 5.75 Å². The predicted molar refractivity (Wildman–Crippen MR) is 210 cm³/mol. The molecule has 6 atom stereocenters. The van der Waals surface area contributed by atoms with E-state index in [0.29, 0.717) is 41.5 Å². The summed E-state index contributed by atoms with van der Waals surface area (Å²) in [6, 6.07) is 38.9. The molecule has 3 saturated heterocycles. The number of carbonyl (C=O) groups excluding carboxylic acids is 3. The zero-order valence-electron chi connectivity index (χ0n) is 30.6. The van der Waals surface area contributed by atoms with Crippen molar-refractivity contribution >= 4 is 34.8 Å². The van der Waals surface area contributed by atoms with Crippen LogP contribution in [0, 0.1) is 5.92 Å². The molecule has 9 rings (SSSR count). The van der Waals surface area contributed by atoms with Gasteiger partial charge >= 0.3 is 5.97 Å². The highest BCUT2D eigenvalue weighted by Crippen LogP contribution is 2.65. The SMILES string of the molecule is O=C1OC(c2ccccc2)C(c2ccccc2)N2C1C(C(=O)Nc1ccc(N3CCOCC3)cc1)C1(C(=O)Nc3ccccc31)C2c1ccccc1OCCO. The molecule has 3 N–H and O–H groups in total. The van der Waals surface area contributed by atoms with E-state index in [-0.39, 0.29) is 13.2 Å². The summed E-state index contributed by atoms with van der Waals surface area (Å²) in [5, 5.41) is 16.1. The van der Waals surface area contributed by atoms with Gasteiger partial charge in [0.25, 0.3) is 0 Å². The van der Waals surface area contributed by atoms with Crippen LogP contribution in [-0.4, -0.2) is 73.3 Å². The Bertz CT molecular complexity index is 2230. The topological polar surface area (TPSA) is 130 Å². The fourth-order valence-corrected chi connectivity index (χ4v) is 9.31. The quantitative estimate of drug-likeness (QED) is 0.160. The number of ether oxygens (including phenoxy) is 3. The Hall–Kier alpha value is -6.01. The normalized spacial score (nSPS) is 25.6. The molecule has 11 heteroatoms. The lowest BCUT2D eigenvalue weighted by Crippen LogP contribution is -2.53. The predicted octanol–water partition coefficient (Wildman–Crippen LogP) is 5.80. The van der Waals surface area contributed by atoms with E-state index in [1.807, 2.05) is 132 Å². The van der Waals surface area contributed by atoms with Crippen molar-refractivity contribution < 1.29 is 33.7 Å². The number of esters is 1. The fraction of sp³-hybridized carbons (Fsp3) is 0.267. The average Bonchev–Trinajstić information content (AvgIpc) is 3.73. The molecule has 0 saturated carbocycles. The van der Waals surface area contributed by atoms with Crippen molar-refractivity contribution in [2.24, 2.45) is 5.92 Å². The van der Waals surface area contributed by atoms with Crippen molar-refractivity contribution in [3.05, 3.63) is 156 Å². The number of hydrogen-bond donors (Lipinski definition) is 3. The van der Waals surface area contributed by atoms with Gasteiger partial charge in [-0.1, -0.05) is 97.1 Å². The van der Waals surface area contributed by atoms with Crippen LogP contribution >= 0.6 is 0 Å². The Morgan fingerprint density at radius 1 is 0.804 bits per heavy atom. The van der Waals surface area contributed by atoms with E-state index in [1.54, 1.807) is 6.07 Å². The van der Waals surface area contributed by atoms with Crippen LogP contribution in [-0.2, 0) is 29.3 Å². The Morgan fingerprint density at radius 2 is 1.46 bits per heavy atom. The van der Waals surface area contributed by atoms with Crippen molar-refractivity contribution in [1.82, 2.24) is 4.90 Å². The second-order valence-electron chi connectivity index (χ2n) is 14.5. The summed E-state index contributed by atoms with van der Waals surface area (Å²) in [6.07, 6.45) is -0.790. The fourth-order valence-electron chi connectivity index (χ4n) is 9.31. The van der Waals surface area contributed by atoms with Crippen molar-refractivity contribution in [1.29, 1.82) is 0 Å². The molecule has 2 amide bonds. The van der Waals surface area contributed by atoms with Gasteiger partial charge in [0.1, 0.15) is 29.9 Å². The molecule has 5 aromatic rings. The van der Waals surface area contributed by atoms with Crippen LogP contribution in [0.4, 0.5) is 17.1 Å². The minimum absolute atomic E-state index is 0.00407. The van der Waals surface area contributed by atoms with Crippen LogP contribution in [0.5, 0.6) is 5.75 Å². The Morgan fingerprint density at radius 3 is 2.20 bits per heavy atom. The van der Waals surface area contributed by atoms with E-state index in [2.05, 4.69) is 15.5 Å². The van der Waals surface area contributed by atoms with Gasteiger partial charge in [-0.3, -0.25) is 19.3 Å². The minimum atomic E-state index is -1.64. The number of rotatable bonds is 9. The Kier molecular flexibility index (Phi) is 9.50. The molecule has 3 fully saturated rings. The highest BCUT2D eigenvalue weighted by molar-refractivity contribution is 6.13. The monoisotopic (exact) mass is 750 g/mol. The van der Waals surface area contributed by atoms with Crippen LogP contribution in [0.25, 0.3) is 0 Å². The molecule has 4 aliphatic heterocycles. The van der Waals surface area contributed by atoms with Crippen molar-refractivity contribution in [2.75, 3.05) is 55.1 Å². The largest absolute Gasteiger partial charge is 0.491 e. The zero-order chi connectivity index (χ0) is 38.2. The molecular weight excluding hydrogens is 709 g/mol. The first kappa shape index (κ1) is 35.7. The number of nitrogens with zero attached hydrogens (tertiary/aromatic N) is 2. The smallest absolute Gasteiger partial charge is 0.324 e. The molecule has 0 bridgehead atoms. The Labute approximate surface area is 324 Å². The lowest BCUT2D eigenvalue weighted by Gasteiger charge is -2.46. The van der Waals surface area contributed by atoms with E-state index >= 15 is 9.59 Å². The number of aliphatic hydroxyl groups excluding tert-OH is 1. The standard InChI is InChI=1S/C45H42N4O7/c50-25-28-55-36-18-10-7-15-33(36)41-45(34-16-8-9-17-35(34)47-44(45)53)37(42(51)46-31-19-21-32(22-20-31)48-23-26-54-27-24-48)39-43(52)56-40(30-13-5-2-6-14-30)38(49(39)41)29-11-3-1-4-12-29/h1-22,37-41,50H,23-28H2,(H,46,51)(H,47,53). The lowest BCUT2D eigenvalue weighted by atomic mass is 9.65. The molecule has 0 aliphatic carbocycles. The number of aliphatic hydroxyl groups is 1. The summed E-state index contributed by atoms with van der Waals surface area (Å²) in [5.41, 5.74) is 3.27. The molecule has 1 spiro atoms. The van der Waals surface area contributed by atoms with Gasteiger partial charge in [-0.15, -0.1) is 0 Å². The van der Waals surface area contributed by atoms with Gasteiger partial charge in [-0.05, 0) is 53.1 Å². The van der Waals surface area contributed by atoms with E-state index in [9.17, 15) is 9.90 Å². The number of morpholine rings is 2. The summed E-state index contributed by atoms with van der Waals surface area (Å²) in [4.78, 5) is 49.8. The Balaban J connectivity index is 1.26. The molecule has 6 unspecified atom stereocenters. The second-order valence-corrected chi connectivity index (χ2v) is 14.5. The van der Waals surface area contributed by atoms with Gasteiger partial charge in [0, 0.05) is 35.7 Å². The molecule has 0 aromatic heterocycles. The summed E-state index contributed by atoms with van der Waals surface area (Å²) >= 11 is 0. The van der Waals surface area contributed by atoms with E-state index in [1.165, 1.54) is 0 Å². The molecule has 0 radical (unpaired) electrons. The molecule has 56 heavy (non-hydrogen) atoms. The second kappa shape index (κ2) is 14.9. The third-order valence-corrected chi connectivity index (χ3v) is 11.6. The zero-order valence-corrected chi connectivity index (χ0v) is 30.6. The number of hydrogen-bond acceptors (Lipinski definition) is 9. The third kappa shape index (κ3) is 5.90. The van der Waals surface area contributed by atoms with Crippen LogP contribution < -0.4 is 20.3 Å². The maximum Gasteiger partial charge on any atom is 0.324 e. The number of anilines is 3. The molecular formula is C45H42N4O7. The minimum Gasteiger partial charge on any atom is -0.491 e. The van der Waals surface area contributed by atoms with Gasteiger partial charge in [0.2, 0.25) is 11.8 Å². The summed E-state index contributed by atoms with van der Waals surface area (Å²) in [5.74, 6) is -2.35. The summed E-state index contributed by atoms with van der Waals surface area (Å²) in [6.45, 7) is 2.59. The van der Waals surface area contributed by atoms with E-state index in [4.69, 9.17) is 14.2 Å². The third-order valence-electron chi connectivity index (χ3n) is 11.6. The van der Waals surface area contributed by atoms with Crippen LogP contribution in [0.1, 0.15) is 40.4 Å². The highest BCUT2D eigenvalue weighted by Gasteiger charge is 2.74. The first-order valence-corrected chi connectivity index (χ1v) is 19.1. The number of para-hydroxylation sites is 2. The average molecular weight is 751 g/mol. The highest BCUT2D eigenvalue weighted by atomic mass is 16.6.